The van der Waals surface area contributed by atoms with Crippen LogP contribution in [0.3, 0.4) is 0 Å². The van der Waals surface area contributed by atoms with Crippen molar-refractivity contribution in [2.45, 2.75) is 52.0 Å². The number of esters is 1. The van der Waals surface area contributed by atoms with Crippen LogP contribution in [-0.2, 0) is 32.3 Å². The molecule has 0 saturated carbocycles. The number of hydrogen-bond acceptors (Lipinski definition) is 5. The molecule has 0 bridgehead atoms. The highest BCUT2D eigenvalue weighted by Crippen LogP contribution is 2.06. The number of amides is 2. The van der Waals surface area contributed by atoms with Crippen LogP contribution < -0.4 is 10.6 Å². The minimum absolute atomic E-state index is 0.102. The first-order chi connectivity index (χ1) is 14.5. The van der Waals surface area contributed by atoms with Gasteiger partial charge in [-0.15, -0.1) is 0 Å². The molecule has 2 aromatic carbocycles. The van der Waals surface area contributed by atoms with Crippen molar-refractivity contribution in [2.24, 2.45) is 0 Å². The van der Waals surface area contributed by atoms with Crippen LogP contribution in [0.4, 0.5) is 4.79 Å². The number of rotatable bonds is 10. The van der Waals surface area contributed by atoms with Gasteiger partial charge in [-0.1, -0.05) is 74.0 Å². The van der Waals surface area contributed by atoms with Gasteiger partial charge in [-0.2, -0.15) is 0 Å². The fourth-order valence-electron chi connectivity index (χ4n) is 2.67. The molecule has 2 rings (SSSR count). The minimum atomic E-state index is -0.866. The molecule has 2 aromatic rings. The molecule has 0 unspecified atom stereocenters. The third-order valence-corrected chi connectivity index (χ3v) is 4.34. The van der Waals surface area contributed by atoms with Crippen LogP contribution in [0.25, 0.3) is 0 Å². The Kier molecular flexibility index (Phi) is 9.37. The molecule has 0 saturated heterocycles. The van der Waals surface area contributed by atoms with Crippen molar-refractivity contribution < 1.29 is 23.9 Å². The Bertz CT molecular complexity index is 811. The second-order valence-electron chi connectivity index (χ2n) is 6.87. The molecule has 2 amide bonds. The SMILES string of the molecule is CCC[C@@H](NC(=O)[C@H](C)NC(=O)OCc1ccccc1)C(=O)OCc1ccccc1. The highest BCUT2D eigenvalue weighted by atomic mass is 16.5. The summed E-state index contributed by atoms with van der Waals surface area (Å²) in [6, 6.07) is 16.9. The Labute approximate surface area is 176 Å². The molecular weight excluding hydrogens is 384 g/mol. The van der Waals surface area contributed by atoms with Gasteiger partial charge < -0.3 is 20.1 Å². The van der Waals surface area contributed by atoms with Gasteiger partial charge in [0.1, 0.15) is 25.3 Å². The zero-order chi connectivity index (χ0) is 21.8. The molecule has 0 aliphatic heterocycles. The summed E-state index contributed by atoms with van der Waals surface area (Å²) in [5, 5.41) is 5.12. The fraction of sp³-hybridized carbons (Fsp3) is 0.348. The van der Waals surface area contributed by atoms with E-state index in [1.54, 1.807) is 0 Å². The Morgan fingerprint density at radius 2 is 1.37 bits per heavy atom. The van der Waals surface area contributed by atoms with Crippen LogP contribution >= 0.6 is 0 Å². The molecule has 0 aliphatic carbocycles. The number of alkyl carbamates (subject to hydrolysis) is 1. The number of hydrogen-bond donors (Lipinski definition) is 2. The highest BCUT2D eigenvalue weighted by Gasteiger charge is 2.25. The van der Waals surface area contributed by atoms with Gasteiger partial charge in [0.2, 0.25) is 5.91 Å². The average Bonchev–Trinajstić information content (AvgIpc) is 2.77. The number of nitrogens with one attached hydrogen (secondary N) is 2. The molecule has 7 heteroatoms. The molecule has 0 spiro atoms. The zero-order valence-corrected chi connectivity index (χ0v) is 17.3. The van der Waals surface area contributed by atoms with Crippen molar-refractivity contribution in [3.63, 3.8) is 0 Å². The maximum Gasteiger partial charge on any atom is 0.408 e. The van der Waals surface area contributed by atoms with Gasteiger partial charge in [0.05, 0.1) is 0 Å². The summed E-state index contributed by atoms with van der Waals surface area (Å²) in [6.07, 6.45) is 0.414. The van der Waals surface area contributed by atoms with Gasteiger partial charge in [-0.3, -0.25) is 4.79 Å². The topological polar surface area (TPSA) is 93.7 Å². The van der Waals surface area contributed by atoms with Gasteiger partial charge in [-0.25, -0.2) is 9.59 Å². The molecular formula is C23H28N2O5. The predicted octanol–water partition coefficient (Wildman–Crippen LogP) is 3.33. The van der Waals surface area contributed by atoms with E-state index in [1.165, 1.54) is 6.92 Å². The summed E-state index contributed by atoms with van der Waals surface area (Å²) >= 11 is 0. The lowest BCUT2D eigenvalue weighted by Gasteiger charge is -2.20. The van der Waals surface area contributed by atoms with Crippen molar-refractivity contribution in [3.8, 4) is 0 Å². The summed E-state index contributed by atoms with van der Waals surface area (Å²) in [4.78, 5) is 36.8. The third kappa shape index (κ3) is 7.95. The fourth-order valence-corrected chi connectivity index (χ4v) is 2.67. The second kappa shape index (κ2) is 12.3. The number of benzene rings is 2. The van der Waals surface area contributed by atoms with E-state index in [-0.39, 0.29) is 13.2 Å². The van der Waals surface area contributed by atoms with Crippen LogP contribution in [0.1, 0.15) is 37.8 Å². The van der Waals surface area contributed by atoms with E-state index in [0.717, 1.165) is 11.1 Å². The van der Waals surface area contributed by atoms with Crippen LogP contribution in [0.5, 0.6) is 0 Å². The minimum Gasteiger partial charge on any atom is -0.459 e. The molecule has 2 atom stereocenters. The molecule has 0 radical (unpaired) electrons. The first-order valence-corrected chi connectivity index (χ1v) is 9.97. The molecule has 0 aromatic heterocycles. The molecule has 0 aliphatic rings. The maximum absolute atomic E-state index is 12.4. The second-order valence-corrected chi connectivity index (χ2v) is 6.87. The largest absolute Gasteiger partial charge is 0.459 e. The van der Waals surface area contributed by atoms with Gasteiger partial charge in [0, 0.05) is 0 Å². The van der Waals surface area contributed by atoms with Crippen molar-refractivity contribution >= 4 is 18.0 Å². The summed E-state index contributed by atoms with van der Waals surface area (Å²) in [5.74, 6) is -0.991. The lowest BCUT2D eigenvalue weighted by molar-refractivity contribution is -0.149. The van der Waals surface area contributed by atoms with E-state index < -0.39 is 30.1 Å². The first-order valence-electron chi connectivity index (χ1n) is 9.97. The Balaban J connectivity index is 1.80. The zero-order valence-electron chi connectivity index (χ0n) is 17.3. The number of carbonyl (C=O) groups is 3. The van der Waals surface area contributed by atoms with Crippen LogP contribution in [0.15, 0.2) is 60.7 Å². The first kappa shape index (κ1) is 22.9. The van der Waals surface area contributed by atoms with E-state index in [2.05, 4.69) is 10.6 Å². The van der Waals surface area contributed by atoms with Crippen molar-refractivity contribution in [1.29, 1.82) is 0 Å². The summed E-state index contributed by atoms with van der Waals surface area (Å²) in [7, 11) is 0. The summed E-state index contributed by atoms with van der Waals surface area (Å²) in [5.41, 5.74) is 1.71. The van der Waals surface area contributed by atoms with Crippen molar-refractivity contribution in [1.82, 2.24) is 10.6 Å². The standard InChI is InChI=1S/C23H28N2O5/c1-3-10-20(22(27)29-15-18-11-6-4-7-12-18)25-21(26)17(2)24-23(28)30-16-19-13-8-5-9-14-19/h4-9,11-14,17,20H,3,10,15-16H2,1-2H3,(H,24,28)(H,25,26)/t17-,20+/m0/s1. The van der Waals surface area contributed by atoms with E-state index >= 15 is 0 Å². The Morgan fingerprint density at radius 3 is 1.90 bits per heavy atom. The van der Waals surface area contributed by atoms with E-state index in [9.17, 15) is 14.4 Å². The molecule has 7 nitrogen and oxygen atoms in total. The van der Waals surface area contributed by atoms with E-state index in [4.69, 9.17) is 9.47 Å². The van der Waals surface area contributed by atoms with Gasteiger partial charge in [0.15, 0.2) is 0 Å². The van der Waals surface area contributed by atoms with Crippen LogP contribution in [-0.4, -0.2) is 30.1 Å². The average molecular weight is 412 g/mol. The van der Waals surface area contributed by atoms with Crippen molar-refractivity contribution in [3.05, 3.63) is 71.8 Å². The molecule has 30 heavy (non-hydrogen) atoms. The quantitative estimate of drug-likeness (QED) is 0.584. The molecule has 0 fully saturated rings. The monoisotopic (exact) mass is 412 g/mol. The summed E-state index contributed by atoms with van der Waals surface area (Å²) < 4.78 is 10.4. The lowest BCUT2D eigenvalue weighted by Crippen LogP contribution is -2.50. The number of carbonyl (C=O) groups excluding carboxylic acids is 3. The normalized spacial score (nSPS) is 12.3. The van der Waals surface area contributed by atoms with Gasteiger partial charge >= 0.3 is 12.1 Å². The number of ether oxygens (including phenoxy) is 2. The predicted molar refractivity (Wildman–Crippen MR) is 112 cm³/mol. The maximum atomic E-state index is 12.4. The van der Waals surface area contributed by atoms with Gasteiger partial charge in [0.25, 0.3) is 0 Å². The molecule has 0 heterocycles. The van der Waals surface area contributed by atoms with Crippen LogP contribution in [0.2, 0.25) is 0 Å². The molecule has 160 valence electrons. The third-order valence-electron chi connectivity index (χ3n) is 4.34. The van der Waals surface area contributed by atoms with E-state index in [1.807, 2.05) is 67.6 Å². The summed E-state index contributed by atoms with van der Waals surface area (Å²) in [6.45, 7) is 3.67. The Morgan fingerprint density at radius 1 is 0.833 bits per heavy atom. The Hall–Kier alpha value is -3.35. The van der Waals surface area contributed by atoms with Gasteiger partial charge in [-0.05, 0) is 24.5 Å². The van der Waals surface area contributed by atoms with Crippen LogP contribution in [0, 0.1) is 0 Å². The smallest absolute Gasteiger partial charge is 0.408 e. The highest BCUT2D eigenvalue weighted by molar-refractivity contribution is 5.89. The van der Waals surface area contributed by atoms with Crippen molar-refractivity contribution in [2.75, 3.05) is 0 Å². The lowest BCUT2D eigenvalue weighted by atomic mass is 10.1. The van der Waals surface area contributed by atoms with E-state index in [0.29, 0.717) is 12.8 Å². The molecule has 2 N–H and O–H groups in total.